The zero-order valence-electron chi connectivity index (χ0n) is 11.2. The first-order valence-electron chi connectivity index (χ1n) is 6.65. The van der Waals surface area contributed by atoms with Gasteiger partial charge in [0.15, 0.2) is 0 Å². The summed E-state index contributed by atoms with van der Waals surface area (Å²) in [6.07, 6.45) is -0.316. The summed E-state index contributed by atoms with van der Waals surface area (Å²) in [4.78, 5) is 0. The van der Waals surface area contributed by atoms with E-state index in [1.54, 1.807) is 11.7 Å². The van der Waals surface area contributed by atoms with Crippen molar-refractivity contribution in [2.24, 2.45) is 18.9 Å². The summed E-state index contributed by atoms with van der Waals surface area (Å²) in [5, 5.41) is 7.45. The van der Waals surface area contributed by atoms with Crippen LogP contribution in [0.3, 0.4) is 0 Å². The van der Waals surface area contributed by atoms with Crippen LogP contribution in [0.4, 0.5) is 13.2 Å². The lowest BCUT2D eigenvalue weighted by atomic mass is 9.76. The molecule has 2 rings (SSSR count). The molecule has 0 amide bonds. The molecule has 1 saturated carbocycles. The summed E-state index contributed by atoms with van der Waals surface area (Å²) in [6.45, 7) is 0. The fraction of sp³-hybridized carbons (Fsp3) is 0.769. The fourth-order valence-electron chi connectivity index (χ4n) is 3.05. The fourth-order valence-corrected chi connectivity index (χ4v) is 3.05. The number of alkyl halides is 3. The van der Waals surface area contributed by atoms with E-state index >= 15 is 0 Å². The van der Waals surface area contributed by atoms with Gasteiger partial charge in [-0.2, -0.15) is 18.3 Å². The minimum absolute atomic E-state index is 0.000255. The number of nitrogens with one attached hydrogen (secondary N) is 1. The Morgan fingerprint density at radius 2 is 2.16 bits per heavy atom. The number of rotatable bonds is 3. The third-order valence-electron chi connectivity index (χ3n) is 4.01. The van der Waals surface area contributed by atoms with E-state index in [0.717, 1.165) is 12.1 Å². The highest BCUT2D eigenvalue weighted by molar-refractivity contribution is 5.07. The van der Waals surface area contributed by atoms with Crippen LogP contribution in [0, 0.1) is 11.8 Å². The number of halogens is 3. The maximum Gasteiger partial charge on any atom is 0.391 e. The predicted molar refractivity (Wildman–Crippen MR) is 66.5 cm³/mol. The topological polar surface area (TPSA) is 29.9 Å². The van der Waals surface area contributed by atoms with Crippen LogP contribution in [0.25, 0.3) is 0 Å². The molecule has 0 bridgehead atoms. The normalized spacial score (nSPS) is 26.4. The maximum atomic E-state index is 12.8. The van der Waals surface area contributed by atoms with Crippen LogP contribution in [0.15, 0.2) is 12.3 Å². The predicted octanol–water partition coefficient (Wildman–Crippen LogP) is 3.05. The van der Waals surface area contributed by atoms with Gasteiger partial charge in [-0.05, 0) is 38.3 Å². The number of hydrogen-bond donors (Lipinski definition) is 1. The molecule has 0 spiro atoms. The molecule has 1 fully saturated rings. The Morgan fingerprint density at radius 3 is 2.68 bits per heavy atom. The number of aromatic nitrogens is 2. The van der Waals surface area contributed by atoms with Crippen LogP contribution in [0.5, 0.6) is 0 Å². The number of aryl methyl sites for hydroxylation is 1. The zero-order chi connectivity index (χ0) is 14.0. The molecule has 0 radical (unpaired) electrons. The first-order valence-corrected chi connectivity index (χ1v) is 6.65. The van der Waals surface area contributed by atoms with E-state index in [9.17, 15) is 13.2 Å². The molecule has 108 valence electrons. The Kier molecular flexibility index (Phi) is 4.18. The second kappa shape index (κ2) is 5.53. The molecule has 6 heteroatoms. The van der Waals surface area contributed by atoms with Gasteiger partial charge >= 0.3 is 6.18 Å². The van der Waals surface area contributed by atoms with Gasteiger partial charge in [0.2, 0.25) is 0 Å². The summed E-state index contributed by atoms with van der Waals surface area (Å²) in [6, 6.07) is 1.78. The summed E-state index contributed by atoms with van der Waals surface area (Å²) in [5.41, 5.74) is 0.831. The summed E-state index contributed by atoms with van der Waals surface area (Å²) in [7, 11) is 3.60. The van der Waals surface area contributed by atoms with Crippen LogP contribution in [-0.4, -0.2) is 23.0 Å². The quantitative estimate of drug-likeness (QED) is 0.919. The third kappa shape index (κ3) is 3.29. The minimum Gasteiger partial charge on any atom is -0.311 e. The monoisotopic (exact) mass is 275 g/mol. The van der Waals surface area contributed by atoms with Gasteiger partial charge in [-0.3, -0.25) is 4.68 Å². The van der Waals surface area contributed by atoms with E-state index in [-0.39, 0.29) is 24.8 Å². The Morgan fingerprint density at radius 1 is 1.42 bits per heavy atom. The molecular formula is C13H20F3N3. The molecule has 1 aromatic heterocycles. The molecule has 0 saturated heterocycles. The molecular weight excluding hydrogens is 255 g/mol. The van der Waals surface area contributed by atoms with Crippen LogP contribution in [0.1, 0.15) is 37.4 Å². The van der Waals surface area contributed by atoms with Gasteiger partial charge in [-0.1, -0.05) is 6.42 Å². The highest BCUT2D eigenvalue weighted by atomic mass is 19.4. The lowest BCUT2D eigenvalue weighted by Crippen LogP contribution is -2.34. The van der Waals surface area contributed by atoms with Crippen LogP contribution >= 0.6 is 0 Å². The zero-order valence-corrected chi connectivity index (χ0v) is 11.2. The molecule has 1 aliphatic carbocycles. The average Bonchev–Trinajstić information content (AvgIpc) is 2.76. The van der Waals surface area contributed by atoms with Crippen molar-refractivity contribution in [3.8, 4) is 0 Å². The largest absolute Gasteiger partial charge is 0.391 e. The molecule has 3 unspecified atom stereocenters. The van der Waals surface area contributed by atoms with Crippen molar-refractivity contribution in [1.82, 2.24) is 15.1 Å². The summed E-state index contributed by atoms with van der Waals surface area (Å²) in [5.74, 6) is -1.16. The second-order valence-electron chi connectivity index (χ2n) is 5.35. The van der Waals surface area contributed by atoms with E-state index in [1.165, 1.54) is 0 Å². The molecule has 1 N–H and O–H groups in total. The van der Waals surface area contributed by atoms with Gasteiger partial charge in [-0.15, -0.1) is 0 Å². The van der Waals surface area contributed by atoms with Crippen LogP contribution < -0.4 is 5.32 Å². The second-order valence-corrected chi connectivity index (χ2v) is 5.35. The van der Waals surface area contributed by atoms with E-state index < -0.39 is 12.1 Å². The lowest BCUT2D eigenvalue weighted by Gasteiger charge is -2.34. The summed E-state index contributed by atoms with van der Waals surface area (Å²) < 4.78 is 40.2. The van der Waals surface area contributed by atoms with Crippen molar-refractivity contribution in [3.63, 3.8) is 0 Å². The van der Waals surface area contributed by atoms with Crippen LogP contribution in [0.2, 0.25) is 0 Å². The molecule has 0 aromatic carbocycles. The van der Waals surface area contributed by atoms with Crippen molar-refractivity contribution in [3.05, 3.63) is 18.0 Å². The lowest BCUT2D eigenvalue weighted by molar-refractivity contribution is -0.186. The minimum atomic E-state index is -4.07. The third-order valence-corrected chi connectivity index (χ3v) is 4.01. The number of hydrogen-bond acceptors (Lipinski definition) is 2. The highest BCUT2D eigenvalue weighted by Gasteiger charge is 2.43. The Labute approximate surface area is 111 Å². The van der Waals surface area contributed by atoms with Crippen molar-refractivity contribution in [2.75, 3.05) is 7.05 Å². The van der Waals surface area contributed by atoms with E-state index in [4.69, 9.17) is 0 Å². The van der Waals surface area contributed by atoms with Gasteiger partial charge < -0.3 is 5.32 Å². The first-order chi connectivity index (χ1) is 8.91. The standard InChI is InChI=1S/C13H20F3N3/c1-17-12(11-6-7-19(2)18-11)9-4-3-5-10(8-9)13(14,15)16/h6-7,9-10,12,17H,3-5,8H2,1-2H3. The van der Waals surface area contributed by atoms with Crippen molar-refractivity contribution < 1.29 is 13.2 Å². The average molecular weight is 275 g/mol. The van der Waals surface area contributed by atoms with Crippen LogP contribution in [-0.2, 0) is 7.05 Å². The van der Waals surface area contributed by atoms with Crippen molar-refractivity contribution >= 4 is 0 Å². The van der Waals surface area contributed by atoms with Gasteiger partial charge in [0.25, 0.3) is 0 Å². The molecule has 1 heterocycles. The van der Waals surface area contributed by atoms with Crippen molar-refractivity contribution in [2.45, 2.75) is 37.9 Å². The maximum absolute atomic E-state index is 12.8. The molecule has 1 aliphatic rings. The first kappa shape index (κ1) is 14.4. The molecule has 3 nitrogen and oxygen atoms in total. The van der Waals surface area contributed by atoms with Crippen molar-refractivity contribution in [1.29, 1.82) is 0 Å². The van der Waals surface area contributed by atoms with Gasteiger partial charge in [-0.25, -0.2) is 0 Å². The smallest absolute Gasteiger partial charge is 0.311 e. The molecule has 1 aromatic rings. The van der Waals surface area contributed by atoms with Gasteiger partial charge in [0.1, 0.15) is 0 Å². The molecule has 3 atom stereocenters. The Hall–Kier alpha value is -1.04. The molecule has 19 heavy (non-hydrogen) atoms. The molecule has 0 aliphatic heterocycles. The Balaban J connectivity index is 2.10. The van der Waals surface area contributed by atoms with E-state index in [1.807, 2.05) is 19.3 Å². The number of nitrogens with zero attached hydrogens (tertiary/aromatic N) is 2. The summed E-state index contributed by atoms with van der Waals surface area (Å²) >= 11 is 0. The van der Waals surface area contributed by atoms with E-state index in [0.29, 0.717) is 6.42 Å². The highest BCUT2D eigenvalue weighted by Crippen LogP contribution is 2.43. The van der Waals surface area contributed by atoms with E-state index in [2.05, 4.69) is 10.4 Å². The Bertz CT molecular complexity index is 414. The SMILES string of the molecule is CNC(c1ccn(C)n1)C1CCCC(C(F)(F)F)C1. The van der Waals surface area contributed by atoms with Gasteiger partial charge in [0, 0.05) is 13.2 Å². The van der Waals surface area contributed by atoms with Gasteiger partial charge in [0.05, 0.1) is 17.7 Å².